The molecule has 1 aromatic heterocycles. The highest BCUT2D eigenvalue weighted by molar-refractivity contribution is 7.99. The van der Waals surface area contributed by atoms with Crippen molar-refractivity contribution in [3.63, 3.8) is 0 Å². The van der Waals surface area contributed by atoms with Gasteiger partial charge in [-0.1, -0.05) is 13.0 Å². The highest BCUT2D eigenvalue weighted by Gasteiger charge is 2.20. The van der Waals surface area contributed by atoms with Crippen molar-refractivity contribution in [1.82, 2.24) is 15.1 Å². The summed E-state index contributed by atoms with van der Waals surface area (Å²) in [7, 11) is 3.60. The number of aryl methyl sites for hydroxylation is 1. The number of anilines is 1. The second-order valence-electron chi connectivity index (χ2n) is 4.62. The molecular weight excluding hydrogens is 320 g/mol. The first kappa shape index (κ1) is 18.5. The van der Waals surface area contributed by atoms with Crippen LogP contribution in [-0.2, 0) is 11.8 Å². The Balaban J connectivity index is 0.00000242. The molecule has 0 saturated carbocycles. The molecule has 0 bridgehead atoms. The third kappa shape index (κ3) is 4.76. The zero-order valence-electron chi connectivity index (χ0n) is 12.9. The number of aromatic nitrogens is 2. The van der Waals surface area contributed by atoms with Gasteiger partial charge < -0.3 is 10.6 Å². The quantitative estimate of drug-likeness (QED) is 0.794. The fourth-order valence-corrected chi connectivity index (χ4v) is 2.80. The molecule has 0 saturated heterocycles. The molecule has 0 aliphatic carbocycles. The van der Waals surface area contributed by atoms with Gasteiger partial charge in [-0.2, -0.15) is 5.10 Å². The number of likely N-dealkylation sites (N-methyl/N-ethyl adjacent to an activating group) is 1. The van der Waals surface area contributed by atoms with Gasteiger partial charge >= 0.3 is 0 Å². The second-order valence-corrected chi connectivity index (χ2v) is 5.96. The highest BCUT2D eigenvalue weighted by atomic mass is 35.5. The van der Waals surface area contributed by atoms with Gasteiger partial charge in [-0.25, -0.2) is 0 Å². The van der Waals surface area contributed by atoms with Crippen molar-refractivity contribution in [3.8, 4) is 0 Å². The fraction of sp³-hybridized carbons (Fsp3) is 0.333. The zero-order chi connectivity index (χ0) is 15.2. The van der Waals surface area contributed by atoms with Crippen molar-refractivity contribution < 1.29 is 4.79 Å². The normalized spacial score (nSPS) is 11.6. The monoisotopic (exact) mass is 340 g/mol. The number of amides is 1. The first-order valence-electron chi connectivity index (χ1n) is 6.83. The van der Waals surface area contributed by atoms with Gasteiger partial charge in [0.1, 0.15) is 6.04 Å². The second kappa shape index (κ2) is 8.82. The van der Waals surface area contributed by atoms with Crippen molar-refractivity contribution in [2.75, 3.05) is 18.1 Å². The molecule has 2 aromatic rings. The minimum Gasteiger partial charge on any atom is -0.324 e. The number of halogens is 1. The molecule has 0 aliphatic rings. The van der Waals surface area contributed by atoms with E-state index < -0.39 is 6.04 Å². The topological polar surface area (TPSA) is 59.0 Å². The lowest BCUT2D eigenvalue weighted by Gasteiger charge is -2.15. The van der Waals surface area contributed by atoms with Gasteiger partial charge in [0, 0.05) is 29.4 Å². The smallest absolute Gasteiger partial charge is 0.246 e. The number of benzene rings is 1. The largest absolute Gasteiger partial charge is 0.324 e. The molecule has 0 aliphatic heterocycles. The van der Waals surface area contributed by atoms with Gasteiger partial charge in [0.05, 0.1) is 6.20 Å². The number of hydrogen-bond donors (Lipinski definition) is 2. The molecule has 1 aromatic carbocycles. The van der Waals surface area contributed by atoms with E-state index in [0.717, 1.165) is 21.9 Å². The summed E-state index contributed by atoms with van der Waals surface area (Å²) in [6.07, 6.45) is 3.54. The van der Waals surface area contributed by atoms with Crippen molar-refractivity contribution in [1.29, 1.82) is 0 Å². The molecular formula is C15H21ClN4OS. The standard InChI is InChI=1S/C15H20N4OS.ClH/c1-4-21-13-7-5-6-12(8-13)18-15(20)14(16-2)11-9-17-19(3)10-11;/h5-10,14,16H,4H2,1-3H3,(H,18,20);1H. The van der Waals surface area contributed by atoms with Crippen LogP contribution < -0.4 is 10.6 Å². The SMILES string of the molecule is CCSc1cccc(NC(=O)C(NC)c2cnn(C)c2)c1.Cl. The van der Waals surface area contributed by atoms with E-state index >= 15 is 0 Å². The number of carbonyl (C=O) groups is 1. The first-order valence-corrected chi connectivity index (χ1v) is 7.82. The van der Waals surface area contributed by atoms with Crippen LogP contribution in [0.1, 0.15) is 18.5 Å². The zero-order valence-corrected chi connectivity index (χ0v) is 14.5. The minimum atomic E-state index is -0.416. The summed E-state index contributed by atoms with van der Waals surface area (Å²) >= 11 is 1.75. The first-order chi connectivity index (χ1) is 10.1. The van der Waals surface area contributed by atoms with Crippen molar-refractivity contribution >= 4 is 35.8 Å². The number of nitrogens with one attached hydrogen (secondary N) is 2. The Morgan fingerprint density at radius 1 is 1.45 bits per heavy atom. The van der Waals surface area contributed by atoms with Gasteiger partial charge in [-0.3, -0.25) is 9.48 Å². The summed E-state index contributed by atoms with van der Waals surface area (Å²) in [6.45, 7) is 2.11. The Bertz CT molecular complexity index is 617. The molecule has 7 heteroatoms. The maximum Gasteiger partial charge on any atom is 0.246 e. The Hall–Kier alpha value is -1.50. The van der Waals surface area contributed by atoms with Crippen molar-refractivity contribution in [2.24, 2.45) is 7.05 Å². The number of thioether (sulfide) groups is 1. The Morgan fingerprint density at radius 2 is 2.23 bits per heavy atom. The molecule has 22 heavy (non-hydrogen) atoms. The van der Waals surface area contributed by atoms with Gasteiger partial charge in [-0.15, -0.1) is 24.2 Å². The van der Waals surface area contributed by atoms with E-state index in [1.807, 2.05) is 37.5 Å². The van der Waals surface area contributed by atoms with Gasteiger partial charge in [-0.05, 0) is 31.0 Å². The molecule has 0 radical (unpaired) electrons. The maximum absolute atomic E-state index is 12.4. The van der Waals surface area contributed by atoms with E-state index in [2.05, 4.69) is 22.7 Å². The van der Waals surface area contributed by atoms with Gasteiger partial charge in [0.15, 0.2) is 0 Å². The van der Waals surface area contributed by atoms with Crippen LogP contribution in [0.15, 0.2) is 41.6 Å². The van der Waals surface area contributed by atoms with Gasteiger partial charge in [0.2, 0.25) is 5.91 Å². The minimum absolute atomic E-state index is 0. The summed E-state index contributed by atoms with van der Waals surface area (Å²) in [5.41, 5.74) is 1.65. The molecule has 1 atom stereocenters. The summed E-state index contributed by atoms with van der Waals surface area (Å²) < 4.78 is 1.69. The lowest BCUT2D eigenvalue weighted by atomic mass is 10.1. The number of nitrogens with zero attached hydrogens (tertiary/aromatic N) is 2. The molecule has 1 amide bonds. The van der Waals surface area contributed by atoms with Crippen molar-refractivity contribution in [2.45, 2.75) is 17.9 Å². The van der Waals surface area contributed by atoms with Gasteiger partial charge in [0.25, 0.3) is 0 Å². The molecule has 0 spiro atoms. The van der Waals surface area contributed by atoms with Crippen LogP contribution in [0.3, 0.4) is 0 Å². The van der Waals surface area contributed by atoms with Crippen LogP contribution >= 0.6 is 24.2 Å². The highest BCUT2D eigenvalue weighted by Crippen LogP contribution is 2.22. The average molecular weight is 341 g/mol. The molecule has 1 heterocycles. The van der Waals surface area contributed by atoms with E-state index in [4.69, 9.17) is 0 Å². The van der Waals surface area contributed by atoms with Crippen LogP contribution in [0.25, 0.3) is 0 Å². The Kier molecular flexibility index (Phi) is 7.44. The third-order valence-corrected chi connectivity index (χ3v) is 3.90. The predicted molar refractivity (Wildman–Crippen MR) is 93.7 cm³/mol. The average Bonchev–Trinajstić information content (AvgIpc) is 2.87. The van der Waals surface area contributed by atoms with Crippen LogP contribution in [0.2, 0.25) is 0 Å². The number of carbonyl (C=O) groups excluding carboxylic acids is 1. The molecule has 120 valence electrons. The summed E-state index contributed by atoms with van der Waals surface area (Å²) in [6, 6.07) is 7.46. The predicted octanol–water partition coefficient (Wildman–Crippen LogP) is 2.85. The fourth-order valence-electron chi connectivity index (χ4n) is 2.08. The number of hydrogen-bond acceptors (Lipinski definition) is 4. The van der Waals surface area contributed by atoms with Crippen molar-refractivity contribution in [3.05, 3.63) is 42.2 Å². The van der Waals surface area contributed by atoms with E-state index in [9.17, 15) is 4.79 Å². The molecule has 2 N–H and O–H groups in total. The van der Waals surface area contributed by atoms with E-state index in [-0.39, 0.29) is 18.3 Å². The lowest BCUT2D eigenvalue weighted by Crippen LogP contribution is -2.30. The number of rotatable bonds is 6. The summed E-state index contributed by atoms with van der Waals surface area (Å²) in [5.74, 6) is 0.913. The Labute approximate surface area is 141 Å². The van der Waals surface area contributed by atoms with Crippen LogP contribution in [-0.4, -0.2) is 28.5 Å². The van der Waals surface area contributed by atoms with E-state index in [1.54, 1.807) is 29.7 Å². The van der Waals surface area contributed by atoms with E-state index in [1.165, 1.54) is 0 Å². The Morgan fingerprint density at radius 3 is 2.82 bits per heavy atom. The molecule has 1 unspecified atom stereocenters. The maximum atomic E-state index is 12.4. The molecule has 2 rings (SSSR count). The van der Waals surface area contributed by atoms with E-state index in [0.29, 0.717) is 0 Å². The summed E-state index contributed by atoms with van der Waals surface area (Å²) in [5, 5.41) is 10.1. The third-order valence-electron chi connectivity index (χ3n) is 3.02. The summed E-state index contributed by atoms with van der Waals surface area (Å²) in [4.78, 5) is 13.6. The molecule has 0 fully saturated rings. The van der Waals surface area contributed by atoms with Crippen LogP contribution in [0, 0.1) is 0 Å². The lowest BCUT2D eigenvalue weighted by molar-refractivity contribution is -0.118. The van der Waals surface area contributed by atoms with Crippen LogP contribution in [0.5, 0.6) is 0 Å². The van der Waals surface area contributed by atoms with Crippen LogP contribution in [0.4, 0.5) is 5.69 Å². The molecule has 5 nitrogen and oxygen atoms in total.